The van der Waals surface area contributed by atoms with Crippen molar-refractivity contribution in [1.82, 2.24) is 14.8 Å². The average molecular weight is 1130 g/mol. The molecule has 0 spiro atoms. The maximum Gasteiger partial charge on any atom is 0.299 e. The fraction of sp³-hybridized carbons (Fsp3) is 0.122. The lowest BCUT2D eigenvalue weighted by Crippen LogP contribution is -2.14. The van der Waals surface area contributed by atoms with E-state index in [1.165, 1.54) is 49.4 Å². The van der Waals surface area contributed by atoms with Gasteiger partial charge in [0.2, 0.25) is 5.13 Å². The third kappa shape index (κ3) is 11.3. The molecule has 0 bridgehead atoms. The number of fused-ring (bicyclic) bond motifs is 3. The van der Waals surface area contributed by atoms with E-state index in [2.05, 4.69) is 40.8 Å². The SMILES string of the molecule is Cc1cc(N=Nc2ccc3c(S(=O)(=O)O)c(N=Nc4c(C)[nH]n(-c5ccc6c(S(=O)(=O)O)cc(S(=O)(=O)O)cc6c5)c4=O)ccc3c2O)c(OCCCS(=O)(=O)O)cc1N=Nc1nc2cccc(S(=O)(=O)O)c2s1. The summed E-state index contributed by atoms with van der Waals surface area (Å²) in [6.45, 7) is 2.71. The quantitative estimate of drug-likeness (QED) is 0.0271. The van der Waals surface area contributed by atoms with Crippen LogP contribution < -0.4 is 10.3 Å². The van der Waals surface area contributed by atoms with Crippen LogP contribution in [0, 0.1) is 13.8 Å². The summed E-state index contributed by atoms with van der Waals surface area (Å²) in [6.07, 6.45) is -0.172. The summed E-state index contributed by atoms with van der Waals surface area (Å²) in [4.78, 5) is 14.9. The first-order chi connectivity index (χ1) is 34.5. The van der Waals surface area contributed by atoms with Crippen LogP contribution in [0.3, 0.4) is 0 Å². The van der Waals surface area contributed by atoms with Crippen LogP contribution in [0.25, 0.3) is 37.4 Å². The minimum Gasteiger partial charge on any atom is -0.505 e. The zero-order valence-corrected chi connectivity index (χ0v) is 42.2. The summed E-state index contributed by atoms with van der Waals surface area (Å²) in [5.41, 5.74) is -1.22. The molecule has 33 heteroatoms. The summed E-state index contributed by atoms with van der Waals surface area (Å²) in [5.74, 6) is -1.34. The smallest absolute Gasteiger partial charge is 0.299 e. The molecule has 0 saturated carbocycles. The van der Waals surface area contributed by atoms with Gasteiger partial charge < -0.3 is 9.84 Å². The molecule has 6 aromatic carbocycles. The molecule has 2 heterocycles. The Labute approximate surface area is 421 Å². The van der Waals surface area contributed by atoms with Crippen molar-refractivity contribution in [1.29, 1.82) is 0 Å². The lowest BCUT2D eigenvalue weighted by molar-refractivity contribution is 0.317. The number of aryl methyl sites for hydroxylation is 2. The van der Waals surface area contributed by atoms with Crippen molar-refractivity contribution < 1.29 is 74.7 Å². The first kappa shape index (κ1) is 53.0. The Hall–Kier alpha value is -7.31. The zero-order chi connectivity index (χ0) is 53.9. The first-order valence-corrected chi connectivity index (χ1v) is 28.6. The largest absolute Gasteiger partial charge is 0.505 e. The topological polar surface area (TPSA) is 426 Å². The highest BCUT2D eigenvalue weighted by molar-refractivity contribution is 7.87. The third-order valence-corrected chi connectivity index (χ3v) is 16.1. The summed E-state index contributed by atoms with van der Waals surface area (Å²) in [5, 5.41) is 37.8. The van der Waals surface area contributed by atoms with Crippen LogP contribution in [0.1, 0.15) is 17.7 Å². The minimum absolute atomic E-state index is 0.00253. The van der Waals surface area contributed by atoms with E-state index >= 15 is 0 Å². The number of nitrogens with zero attached hydrogens (tertiary/aromatic N) is 8. The fourth-order valence-electron chi connectivity index (χ4n) is 7.26. The standard InChI is InChI=1S/C41H33N9O18S6/c1-20-15-32(33(68-13-4-14-70(53,54)55)19-31(20)45-48-41-42-29-5-3-6-34(38(29)69-41)72(59,60)61)46-43-28-11-10-27-26(37(28)51)9-12-30(39(27)74(65,66)67)44-47-36-21(2)49-50(40(36)52)23-7-8-25-22(16-23)17-24(71(56,57)58)18-35(25)73(62,63)64/h3,5-12,15-19,49,51H,4,13-14H2,1-2H3,(H,53,54,55)(H,56,57,58)(H,59,60,61)(H,62,63,64)(H,65,66,67). The monoisotopic (exact) mass is 1130 g/mol. The van der Waals surface area contributed by atoms with Gasteiger partial charge in [-0.2, -0.15) is 42.1 Å². The number of nitrogens with one attached hydrogen (secondary N) is 1. The van der Waals surface area contributed by atoms with Gasteiger partial charge in [0.15, 0.2) is 11.4 Å². The van der Waals surface area contributed by atoms with Crippen LogP contribution in [0.5, 0.6) is 11.5 Å². The molecule has 2 aromatic heterocycles. The molecule has 8 rings (SSSR count). The van der Waals surface area contributed by atoms with Gasteiger partial charge in [-0.15, -0.1) is 30.7 Å². The zero-order valence-electron chi connectivity index (χ0n) is 37.3. The van der Waals surface area contributed by atoms with Gasteiger partial charge >= 0.3 is 0 Å². The van der Waals surface area contributed by atoms with Crippen molar-refractivity contribution in [3.05, 3.63) is 107 Å². The number of benzene rings is 6. The van der Waals surface area contributed by atoms with Crippen LogP contribution in [0.4, 0.5) is 33.6 Å². The van der Waals surface area contributed by atoms with E-state index < -0.39 is 93.7 Å². The number of aromatic hydroxyl groups is 1. The molecule has 0 amide bonds. The number of aromatic amines is 1. The molecule has 0 aliphatic heterocycles. The number of hydrogen-bond acceptors (Lipinski definition) is 21. The van der Waals surface area contributed by atoms with Gasteiger partial charge in [0.05, 0.1) is 44.5 Å². The van der Waals surface area contributed by atoms with Crippen molar-refractivity contribution in [3.8, 4) is 17.2 Å². The number of thiazole rings is 1. The summed E-state index contributed by atoms with van der Waals surface area (Å²) < 4.78 is 176. The second-order valence-corrected chi connectivity index (χ2v) is 23.8. The van der Waals surface area contributed by atoms with Gasteiger partial charge in [-0.05, 0) is 91.9 Å². The number of H-pyrrole nitrogens is 1. The van der Waals surface area contributed by atoms with Gasteiger partial charge in [0.25, 0.3) is 56.1 Å². The highest BCUT2D eigenvalue weighted by atomic mass is 32.2. The van der Waals surface area contributed by atoms with E-state index in [9.17, 15) is 74.8 Å². The van der Waals surface area contributed by atoms with Gasteiger partial charge in [0.1, 0.15) is 37.5 Å². The van der Waals surface area contributed by atoms with E-state index in [4.69, 9.17) is 4.74 Å². The Morgan fingerprint density at radius 1 is 0.649 bits per heavy atom. The highest BCUT2D eigenvalue weighted by Crippen LogP contribution is 2.44. The molecule has 7 N–H and O–H groups in total. The van der Waals surface area contributed by atoms with E-state index in [1.807, 2.05) is 0 Å². The second kappa shape index (κ2) is 19.5. The van der Waals surface area contributed by atoms with E-state index in [1.54, 1.807) is 6.92 Å². The Morgan fingerprint density at radius 2 is 1.30 bits per heavy atom. The Bertz CT molecular complexity index is 4420. The van der Waals surface area contributed by atoms with Crippen LogP contribution in [0.15, 0.2) is 140 Å². The fourth-order valence-corrected chi connectivity index (χ4v) is 11.8. The number of aromatic nitrogens is 3. The van der Waals surface area contributed by atoms with E-state index in [0.29, 0.717) is 11.6 Å². The van der Waals surface area contributed by atoms with Gasteiger partial charge in [0, 0.05) is 22.2 Å². The average Bonchev–Trinajstić information content (AvgIpc) is 3.85. The summed E-state index contributed by atoms with van der Waals surface area (Å²) in [7, 11) is -24.1. The normalized spacial score (nSPS) is 13.2. The molecule has 27 nitrogen and oxygen atoms in total. The molecular weight excluding hydrogens is 1100 g/mol. The highest BCUT2D eigenvalue weighted by Gasteiger charge is 2.25. The molecule has 0 saturated heterocycles. The lowest BCUT2D eigenvalue weighted by atomic mass is 10.1. The van der Waals surface area contributed by atoms with Crippen molar-refractivity contribution in [2.75, 3.05) is 12.4 Å². The molecule has 0 atom stereocenters. The lowest BCUT2D eigenvalue weighted by Gasteiger charge is -2.11. The van der Waals surface area contributed by atoms with Crippen LogP contribution >= 0.6 is 11.3 Å². The summed E-state index contributed by atoms with van der Waals surface area (Å²) >= 11 is 0.832. The minimum atomic E-state index is -5.18. The predicted octanol–water partition coefficient (Wildman–Crippen LogP) is 8.29. The van der Waals surface area contributed by atoms with Gasteiger partial charge in [-0.1, -0.05) is 29.5 Å². The molecule has 74 heavy (non-hydrogen) atoms. The number of azo groups is 3. The van der Waals surface area contributed by atoms with Gasteiger partial charge in [-0.25, -0.2) is 9.67 Å². The van der Waals surface area contributed by atoms with E-state index in [-0.39, 0.29) is 89.0 Å². The second-order valence-electron chi connectivity index (χ2n) is 15.7. The Morgan fingerprint density at radius 3 is 1.97 bits per heavy atom. The first-order valence-electron chi connectivity index (χ1n) is 20.4. The van der Waals surface area contributed by atoms with Crippen LogP contribution in [-0.2, 0) is 50.6 Å². The Balaban J connectivity index is 1.12. The number of phenols is 1. The molecule has 0 aliphatic carbocycles. The maximum atomic E-state index is 13.7. The molecule has 386 valence electrons. The number of hydrogen-bond donors (Lipinski definition) is 7. The van der Waals surface area contributed by atoms with Crippen molar-refractivity contribution in [2.24, 2.45) is 30.7 Å². The molecule has 0 fully saturated rings. The summed E-state index contributed by atoms with van der Waals surface area (Å²) in [6, 6.07) is 16.4. The van der Waals surface area contributed by atoms with Crippen molar-refractivity contribution in [3.63, 3.8) is 0 Å². The van der Waals surface area contributed by atoms with Crippen LogP contribution in [-0.4, -0.2) is 97.1 Å². The molecular formula is C41H33N9O18S6. The van der Waals surface area contributed by atoms with E-state index in [0.717, 1.165) is 52.4 Å². The number of ether oxygens (including phenoxy) is 1. The van der Waals surface area contributed by atoms with Gasteiger partial charge in [-0.3, -0.25) is 32.7 Å². The van der Waals surface area contributed by atoms with Crippen molar-refractivity contribution >= 4 is 127 Å². The maximum absolute atomic E-state index is 13.7. The molecule has 0 radical (unpaired) electrons. The third-order valence-electron chi connectivity index (χ3n) is 10.6. The number of rotatable bonds is 16. The predicted molar refractivity (Wildman–Crippen MR) is 263 cm³/mol. The number of phenolic OH excluding ortho intramolecular Hbond substituents is 1. The molecule has 8 aromatic rings. The molecule has 0 aliphatic rings. The van der Waals surface area contributed by atoms with Crippen molar-refractivity contribution in [2.45, 2.75) is 39.9 Å². The molecule has 0 unspecified atom stereocenters. The Kier molecular flexibility index (Phi) is 14.0. The van der Waals surface area contributed by atoms with Crippen LogP contribution in [0.2, 0.25) is 0 Å².